The molecule has 0 heterocycles. The van der Waals surface area contributed by atoms with Crippen molar-refractivity contribution in [1.82, 2.24) is 0 Å². The number of hydrogen-bond acceptors (Lipinski definition) is 8. The Morgan fingerprint density at radius 1 is 0.417 bits per heavy atom. The Bertz CT molecular complexity index is 1910. The summed E-state index contributed by atoms with van der Waals surface area (Å²) in [5.41, 5.74) is 2.91. The second-order valence-corrected chi connectivity index (χ2v) is 13.5. The van der Waals surface area contributed by atoms with Crippen molar-refractivity contribution in [3.63, 3.8) is 0 Å². The Balaban J connectivity index is 1.05. The van der Waals surface area contributed by atoms with Crippen molar-refractivity contribution in [1.29, 1.82) is 0 Å². The molecule has 0 aliphatic heterocycles. The fourth-order valence-corrected chi connectivity index (χ4v) is 6.45. The highest BCUT2D eigenvalue weighted by molar-refractivity contribution is 7.86. The SMILES string of the molecule is O=C(Nc1ccc(NC(=O)Nc2ccc(OS(=O)(=O)Cc3ccccc3)cc2)cc1)Nc1ccc(OS(=O)(=O)Cc2ccccc2)cc1. The fraction of sp³-hybridized carbons (Fsp3) is 0.0588. The van der Waals surface area contributed by atoms with Crippen LogP contribution in [0, 0.1) is 0 Å². The van der Waals surface area contributed by atoms with Gasteiger partial charge in [0.15, 0.2) is 0 Å². The summed E-state index contributed by atoms with van der Waals surface area (Å²) in [5.74, 6) is -0.323. The topological polar surface area (TPSA) is 169 Å². The van der Waals surface area contributed by atoms with Gasteiger partial charge in [0.25, 0.3) is 0 Å². The van der Waals surface area contributed by atoms with Crippen molar-refractivity contribution in [3.8, 4) is 11.5 Å². The van der Waals surface area contributed by atoms with Crippen molar-refractivity contribution >= 4 is 55.0 Å². The second-order valence-electron chi connectivity index (χ2n) is 10.3. The summed E-state index contributed by atoms with van der Waals surface area (Å²) in [7, 11) is -7.72. The standard InChI is InChI=1S/C34H30N4O8S2/c39-33(37-29-15-19-31(20-16-29)45-47(41,42)23-25-7-3-1-4-8-25)35-27-11-13-28(14-12-27)36-34(40)38-30-17-21-32(22-18-30)46-48(43,44)24-26-9-5-2-6-10-26/h1-22H,23-24H2,(H2,35,37,39)(H2,36,38,40). The molecule has 0 radical (unpaired) electrons. The summed E-state index contributed by atoms with van der Waals surface area (Å²) in [4.78, 5) is 25.0. The summed E-state index contributed by atoms with van der Waals surface area (Å²) in [5, 5.41) is 10.6. The van der Waals surface area contributed by atoms with Crippen molar-refractivity contribution in [2.75, 3.05) is 21.3 Å². The maximum Gasteiger partial charge on any atom is 0.323 e. The lowest BCUT2D eigenvalue weighted by Gasteiger charge is -2.11. The molecule has 0 saturated carbocycles. The Morgan fingerprint density at radius 2 is 0.688 bits per heavy atom. The average molecular weight is 687 g/mol. The van der Waals surface area contributed by atoms with Gasteiger partial charge in [-0.2, -0.15) is 16.8 Å². The molecule has 0 spiro atoms. The normalized spacial score (nSPS) is 11.2. The van der Waals surface area contributed by atoms with Crippen molar-refractivity contribution in [2.24, 2.45) is 0 Å². The molecule has 5 aromatic carbocycles. The molecule has 0 atom stereocenters. The first-order valence-electron chi connectivity index (χ1n) is 14.4. The van der Waals surface area contributed by atoms with Gasteiger partial charge in [-0.15, -0.1) is 0 Å². The number of hydrogen-bond donors (Lipinski definition) is 4. The van der Waals surface area contributed by atoms with Gasteiger partial charge in [-0.1, -0.05) is 60.7 Å². The number of urea groups is 2. The molecule has 5 rings (SSSR count). The van der Waals surface area contributed by atoms with E-state index in [0.29, 0.717) is 33.9 Å². The highest BCUT2D eigenvalue weighted by Gasteiger charge is 2.15. The van der Waals surface area contributed by atoms with Crippen LogP contribution in [0.5, 0.6) is 11.5 Å². The van der Waals surface area contributed by atoms with Gasteiger partial charge in [0.1, 0.15) is 23.0 Å². The molecule has 0 unspecified atom stereocenters. The zero-order valence-electron chi connectivity index (χ0n) is 25.2. The maximum atomic E-state index is 12.5. The number of amides is 4. The molecule has 48 heavy (non-hydrogen) atoms. The summed E-state index contributed by atoms with van der Waals surface area (Å²) < 4.78 is 59.7. The van der Waals surface area contributed by atoms with Crippen LogP contribution >= 0.6 is 0 Å². The number of anilines is 4. The zero-order chi connectivity index (χ0) is 34.0. The highest BCUT2D eigenvalue weighted by Crippen LogP contribution is 2.22. The van der Waals surface area contributed by atoms with Crippen LogP contribution in [0.3, 0.4) is 0 Å². The Labute approximate surface area is 278 Å². The predicted molar refractivity (Wildman–Crippen MR) is 184 cm³/mol. The first kappa shape index (κ1) is 33.5. The minimum Gasteiger partial charge on any atom is -0.382 e. The van der Waals surface area contributed by atoms with Gasteiger partial charge in [-0.3, -0.25) is 0 Å². The molecule has 12 nitrogen and oxygen atoms in total. The lowest BCUT2D eigenvalue weighted by atomic mass is 10.2. The molecule has 5 aromatic rings. The van der Waals surface area contributed by atoms with Gasteiger partial charge in [-0.25, -0.2) is 9.59 Å². The van der Waals surface area contributed by atoms with E-state index < -0.39 is 32.3 Å². The molecule has 4 amide bonds. The minimum atomic E-state index is -3.86. The third-order valence-corrected chi connectivity index (χ3v) is 8.71. The van der Waals surface area contributed by atoms with Crippen LogP contribution in [-0.2, 0) is 31.7 Å². The Kier molecular flexibility index (Phi) is 10.6. The lowest BCUT2D eigenvalue weighted by Crippen LogP contribution is -2.20. The average Bonchev–Trinajstić information content (AvgIpc) is 3.04. The van der Waals surface area contributed by atoms with E-state index in [2.05, 4.69) is 21.3 Å². The van der Waals surface area contributed by atoms with Gasteiger partial charge in [0.05, 0.1) is 0 Å². The molecule has 0 bridgehead atoms. The van der Waals surface area contributed by atoms with E-state index in [0.717, 1.165) is 0 Å². The van der Waals surface area contributed by atoms with Gasteiger partial charge >= 0.3 is 32.3 Å². The molecule has 0 aromatic heterocycles. The van der Waals surface area contributed by atoms with E-state index in [9.17, 15) is 26.4 Å². The second kappa shape index (κ2) is 15.2. The molecule has 0 saturated heterocycles. The van der Waals surface area contributed by atoms with Crippen molar-refractivity contribution in [2.45, 2.75) is 11.5 Å². The summed E-state index contributed by atoms with van der Waals surface area (Å²) in [6.07, 6.45) is 0. The number of carbonyl (C=O) groups excluding carboxylic acids is 2. The number of carbonyl (C=O) groups is 2. The first-order valence-corrected chi connectivity index (χ1v) is 17.5. The zero-order valence-corrected chi connectivity index (χ0v) is 26.8. The summed E-state index contributed by atoms with van der Waals surface area (Å²) >= 11 is 0. The van der Waals surface area contributed by atoms with E-state index in [4.69, 9.17) is 8.37 Å². The van der Waals surface area contributed by atoms with Crippen molar-refractivity contribution in [3.05, 3.63) is 145 Å². The van der Waals surface area contributed by atoms with E-state index >= 15 is 0 Å². The van der Waals surface area contributed by atoms with Gasteiger partial charge in [-0.05, 0) is 83.9 Å². The smallest absolute Gasteiger partial charge is 0.323 e. The monoisotopic (exact) mass is 686 g/mol. The maximum absolute atomic E-state index is 12.5. The quantitative estimate of drug-likeness (QED) is 0.104. The number of rotatable bonds is 12. The van der Waals surface area contributed by atoms with Crippen LogP contribution in [0.2, 0.25) is 0 Å². The first-order chi connectivity index (χ1) is 23.0. The van der Waals surface area contributed by atoms with Crippen molar-refractivity contribution < 1.29 is 34.8 Å². The molecule has 4 N–H and O–H groups in total. The molecule has 14 heteroatoms. The van der Waals surface area contributed by atoms with Crippen LogP contribution in [0.1, 0.15) is 11.1 Å². The Hall–Kier alpha value is -5.86. The molecular formula is C34H30N4O8S2. The molecule has 0 aliphatic carbocycles. The van der Waals surface area contributed by atoms with Crippen LogP contribution < -0.4 is 29.6 Å². The minimum absolute atomic E-state index is 0.111. The van der Waals surface area contributed by atoms with Gasteiger partial charge < -0.3 is 29.6 Å². The number of benzene rings is 5. The third kappa shape index (κ3) is 10.6. The van der Waals surface area contributed by atoms with E-state index in [1.54, 1.807) is 84.9 Å². The largest absolute Gasteiger partial charge is 0.382 e. The molecule has 0 fully saturated rings. The molecule has 0 aliphatic rings. The van der Waals surface area contributed by atoms with E-state index in [-0.39, 0.29) is 23.0 Å². The van der Waals surface area contributed by atoms with Gasteiger partial charge in [0.2, 0.25) is 0 Å². The van der Waals surface area contributed by atoms with Crippen LogP contribution in [0.15, 0.2) is 133 Å². The highest BCUT2D eigenvalue weighted by atomic mass is 32.2. The summed E-state index contributed by atoms with van der Waals surface area (Å²) in [6.45, 7) is 0. The number of nitrogens with one attached hydrogen (secondary N) is 4. The van der Waals surface area contributed by atoms with E-state index in [1.807, 2.05) is 0 Å². The van der Waals surface area contributed by atoms with Crippen LogP contribution in [-0.4, -0.2) is 28.9 Å². The van der Waals surface area contributed by atoms with Crippen LogP contribution in [0.4, 0.5) is 32.3 Å². The van der Waals surface area contributed by atoms with Crippen LogP contribution in [0.25, 0.3) is 0 Å². The molecule has 246 valence electrons. The lowest BCUT2D eigenvalue weighted by molar-refractivity contribution is 0.261. The third-order valence-electron chi connectivity index (χ3n) is 6.44. The predicted octanol–water partition coefficient (Wildman–Crippen LogP) is 6.79. The Morgan fingerprint density at radius 3 is 0.979 bits per heavy atom. The van der Waals surface area contributed by atoms with Gasteiger partial charge in [0, 0.05) is 22.7 Å². The van der Waals surface area contributed by atoms with E-state index in [1.165, 1.54) is 48.5 Å². The molecular weight excluding hydrogens is 657 g/mol. The summed E-state index contributed by atoms with van der Waals surface area (Å²) in [6, 6.07) is 34.4. The fourth-order valence-electron chi connectivity index (χ4n) is 4.32.